The number of hydrogen-bond donors (Lipinski definition) is 9. The van der Waals surface area contributed by atoms with E-state index in [0.29, 0.717) is 12.8 Å². The number of aliphatic hydroxyl groups is 8. The molecule has 0 aromatic carbocycles. The highest BCUT2D eigenvalue weighted by molar-refractivity contribution is 5.76. The lowest BCUT2D eigenvalue weighted by Gasteiger charge is -2.46. The van der Waals surface area contributed by atoms with Gasteiger partial charge in [-0.05, 0) is 83.5 Å². The summed E-state index contributed by atoms with van der Waals surface area (Å²) in [5.74, 6) is -0.209. The van der Waals surface area contributed by atoms with Crippen LogP contribution in [0.1, 0.15) is 290 Å². The molecule has 2 aliphatic heterocycles. The molecule has 14 nitrogen and oxygen atoms in total. The van der Waals surface area contributed by atoms with Gasteiger partial charge in [-0.3, -0.25) is 4.79 Å². The fourth-order valence-electron chi connectivity index (χ4n) is 11.8. The van der Waals surface area contributed by atoms with Gasteiger partial charge in [0.15, 0.2) is 12.6 Å². The zero-order valence-electron chi connectivity index (χ0n) is 58.5. The van der Waals surface area contributed by atoms with Gasteiger partial charge in [-0.15, -0.1) is 0 Å². The van der Waals surface area contributed by atoms with Gasteiger partial charge in [0.05, 0.1) is 32.0 Å². The number of ether oxygens (including phenoxy) is 4. The highest BCUT2D eigenvalue weighted by Crippen LogP contribution is 2.30. The second kappa shape index (κ2) is 62.2. The molecule has 536 valence electrons. The molecule has 14 heteroatoms. The standard InChI is InChI=1S/C79H137NO13/c1-3-5-7-9-11-13-15-17-19-21-23-24-25-26-27-28-29-30-31-32-33-34-35-36-37-38-39-40-41-42-43-44-45-47-49-51-53-55-57-59-61-63-71(84)80-67(68(83)62-60-58-56-54-52-50-48-46-22-20-18-16-14-12-10-8-6-4-2)66-90-78-76(89)74(87)77(70(65-82)92-78)93-79-75(88)73(86)72(85)69(64-81)91-79/h5,7,11,13,17,19,23-24,26-27,29-30,32-33,35-36,38-39,67-70,72-79,81-83,85-89H,3-4,6,8-10,12,14-16,18,20-22,25,28,31,34,37,40-66H2,1-2H3,(H,80,84)/b7-5-,13-11-,19-17-,24-23-,27-26-,30-29-,33-32-,36-35-,39-38-. The van der Waals surface area contributed by atoms with E-state index in [1.165, 1.54) is 148 Å². The topological polar surface area (TPSA) is 228 Å². The van der Waals surface area contributed by atoms with Crippen molar-refractivity contribution in [2.24, 2.45) is 0 Å². The van der Waals surface area contributed by atoms with Crippen LogP contribution in [0.25, 0.3) is 0 Å². The molecule has 1 amide bonds. The van der Waals surface area contributed by atoms with Crippen molar-refractivity contribution in [2.75, 3.05) is 19.8 Å². The molecule has 0 aliphatic carbocycles. The molecule has 2 rings (SSSR count). The van der Waals surface area contributed by atoms with Crippen molar-refractivity contribution in [2.45, 2.75) is 364 Å². The molecule has 2 heterocycles. The van der Waals surface area contributed by atoms with Gasteiger partial charge in [-0.1, -0.05) is 309 Å². The monoisotopic (exact) mass is 1310 g/mol. The van der Waals surface area contributed by atoms with Crippen LogP contribution in [0.3, 0.4) is 0 Å². The number of rotatable bonds is 61. The van der Waals surface area contributed by atoms with Gasteiger partial charge in [0.2, 0.25) is 5.91 Å². The summed E-state index contributed by atoms with van der Waals surface area (Å²) in [5, 5.41) is 87.7. The Morgan fingerprint density at radius 1 is 0.398 bits per heavy atom. The predicted molar refractivity (Wildman–Crippen MR) is 382 cm³/mol. The number of unbranched alkanes of at least 4 members (excludes halogenated alkanes) is 30. The van der Waals surface area contributed by atoms with E-state index in [2.05, 4.69) is 129 Å². The number of amides is 1. The molecule has 12 atom stereocenters. The van der Waals surface area contributed by atoms with E-state index < -0.39 is 86.8 Å². The number of aliphatic hydroxyl groups excluding tert-OH is 8. The van der Waals surface area contributed by atoms with Crippen LogP contribution in [-0.2, 0) is 23.7 Å². The normalized spacial score (nSPS) is 23.2. The predicted octanol–water partition coefficient (Wildman–Crippen LogP) is 16.3. The summed E-state index contributed by atoms with van der Waals surface area (Å²) < 4.78 is 22.9. The van der Waals surface area contributed by atoms with Crippen molar-refractivity contribution in [3.8, 4) is 0 Å². The first-order valence-corrected chi connectivity index (χ1v) is 37.6. The van der Waals surface area contributed by atoms with E-state index in [9.17, 15) is 45.6 Å². The Bertz CT molecular complexity index is 1980. The maximum absolute atomic E-state index is 13.4. The SMILES string of the molecule is CC/C=C\C/C=C\C/C=C\C/C=C\C/C=C\C/C=C\C/C=C\C/C=C\C/C=C\CCCCCCCCCCCCCCCC(=O)NC(COC1OC(CO)C(OC2OC(CO)C(O)C(O)C2O)C(O)C1O)C(O)CCCCCCCCCCCCCCCCCCCC. The molecular formula is C79H137NO13. The largest absolute Gasteiger partial charge is 0.394 e. The Hall–Kier alpha value is -3.35. The smallest absolute Gasteiger partial charge is 0.220 e. The minimum Gasteiger partial charge on any atom is -0.394 e. The molecule has 2 aliphatic rings. The number of carbonyl (C=O) groups excluding carboxylic acids is 1. The molecular weight excluding hydrogens is 1170 g/mol. The molecule has 0 saturated carbocycles. The summed E-state index contributed by atoms with van der Waals surface area (Å²) in [4.78, 5) is 13.4. The highest BCUT2D eigenvalue weighted by atomic mass is 16.7. The van der Waals surface area contributed by atoms with Crippen LogP contribution in [0.15, 0.2) is 109 Å². The zero-order chi connectivity index (χ0) is 67.3. The summed E-state index contributed by atoms with van der Waals surface area (Å²) in [6, 6.07) is -0.836. The quantitative estimate of drug-likeness (QED) is 0.0204. The fourth-order valence-corrected chi connectivity index (χ4v) is 11.8. The first kappa shape index (κ1) is 85.7. The molecule has 2 fully saturated rings. The molecule has 0 radical (unpaired) electrons. The van der Waals surface area contributed by atoms with Crippen LogP contribution < -0.4 is 5.32 Å². The van der Waals surface area contributed by atoms with Gasteiger partial charge in [-0.2, -0.15) is 0 Å². The van der Waals surface area contributed by atoms with Crippen LogP contribution in [0.5, 0.6) is 0 Å². The van der Waals surface area contributed by atoms with Crippen molar-refractivity contribution in [1.82, 2.24) is 5.32 Å². The fraction of sp³-hybridized carbons (Fsp3) is 0.759. The second-order valence-corrected chi connectivity index (χ2v) is 26.0. The lowest BCUT2D eigenvalue weighted by Crippen LogP contribution is -2.65. The average molecular weight is 1310 g/mol. The number of hydrogen-bond acceptors (Lipinski definition) is 13. The third kappa shape index (κ3) is 45.7. The van der Waals surface area contributed by atoms with E-state index in [-0.39, 0.29) is 12.5 Å². The van der Waals surface area contributed by atoms with Crippen molar-refractivity contribution >= 4 is 5.91 Å². The van der Waals surface area contributed by atoms with Crippen molar-refractivity contribution in [1.29, 1.82) is 0 Å². The second-order valence-electron chi connectivity index (χ2n) is 26.0. The molecule has 0 spiro atoms. The summed E-state index contributed by atoms with van der Waals surface area (Å²) in [5.41, 5.74) is 0. The highest BCUT2D eigenvalue weighted by Gasteiger charge is 2.51. The Labute approximate surface area is 566 Å². The Morgan fingerprint density at radius 3 is 1.14 bits per heavy atom. The minimum absolute atomic E-state index is 0.209. The zero-order valence-corrected chi connectivity index (χ0v) is 58.5. The molecule has 0 aromatic rings. The molecule has 0 bridgehead atoms. The maximum Gasteiger partial charge on any atom is 0.220 e. The Balaban J connectivity index is 1.59. The van der Waals surface area contributed by atoms with E-state index in [4.69, 9.17) is 18.9 Å². The number of allylic oxidation sites excluding steroid dienone is 18. The first-order chi connectivity index (χ1) is 45.6. The number of nitrogens with one attached hydrogen (secondary N) is 1. The van der Waals surface area contributed by atoms with E-state index in [0.717, 1.165) is 116 Å². The first-order valence-electron chi connectivity index (χ1n) is 37.6. The van der Waals surface area contributed by atoms with E-state index in [1.54, 1.807) is 0 Å². The average Bonchev–Trinajstić information content (AvgIpc) is 0.958. The van der Waals surface area contributed by atoms with E-state index >= 15 is 0 Å². The Kier molecular flexibility index (Phi) is 57.3. The van der Waals surface area contributed by atoms with Crippen LogP contribution in [0.4, 0.5) is 0 Å². The molecule has 0 aromatic heterocycles. The summed E-state index contributed by atoms with van der Waals surface area (Å²) in [6.07, 6.45) is 72.5. The number of carbonyl (C=O) groups is 1. The molecule has 12 unspecified atom stereocenters. The van der Waals surface area contributed by atoms with Crippen LogP contribution in [-0.4, -0.2) is 140 Å². The maximum atomic E-state index is 13.4. The summed E-state index contributed by atoms with van der Waals surface area (Å²) >= 11 is 0. The van der Waals surface area contributed by atoms with Crippen molar-refractivity contribution < 1.29 is 64.6 Å². The molecule has 9 N–H and O–H groups in total. The third-order valence-corrected chi connectivity index (χ3v) is 17.8. The van der Waals surface area contributed by atoms with Gasteiger partial charge in [-0.25, -0.2) is 0 Å². The van der Waals surface area contributed by atoms with E-state index in [1.807, 2.05) is 0 Å². The molecule has 2 saturated heterocycles. The minimum atomic E-state index is -1.79. The van der Waals surface area contributed by atoms with Crippen LogP contribution in [0, 0.1) is 0 Å². The van der Waals surface area contributed by atoms with Crippen LogP contribution >= 0.6 is 0 Å². The molecule has 93 heavy (non-hydrogen) atoms. The van der Waals surface area contributed by atoms with Gasteiger partial charge in [0, 0.05) is 6.42 Å². The van der Waals surface area contributed by atoms with Gasteiger partial charge in [0.1, 0.15) is 48.8 Å². The van der Waals surface area contributed by atoms with Gasteiger partial charge >= 0.3 is 0 Å². The third-order valence-electron chi connectivity index (χ3n) is 17.8. The Morgan fingerprint density at radius 2 is 0.742 bits per heavy atom. The lowest BCUT2D eigenvalue weighted by molar-refractivity contribution is -0.359. The van der Waals surface area contributed by atoms with Gasteiger partial charge in [0.25, 0.3) is 0 Å². The van der Waals surface area contributed by atoms with Crippen molar-refractivity contribution in [3.05, 3.63) is 109 Å². The summed E-state index contributed by atoms with van der Waals surface area (Å²) in [7, 11) is 0. The van der Waals surface area contributed by atoms with Gasteiger partial charge < -0.3 is 65.1 Å². The van der Waals surface area contributed by atoms with Crippen LogP contribution in [0.2, 0.25) is 0 Å². The summed E-state index contributed by atoms with van der Waals surface area (Å²) in [6.45, 7) is 2.77. The lowest BCUT2D eigenvalue weighted by atomic mass is 9.97. The van der Waals surface area contributed by atoms with Crippen molar-refractivity contribution in [3.63, 3.8) is 0 Å².